The molecule has 1 unspecified atom stereocenters. The lowest BCUT2D eigenvalue weighted by molar-refractivity contribution is 0.264. The smallest absolute Gasteiger partial charge is 0.138 e. The van der Waals surface area contributed by atoms with E-state index in [1.165, 1.54) is 149 Å². The van der Waals surface area contributed by atoms with Crippen LogP contribution in [0.3, 0.4) is 0 Å². The molecular formula is C78H88N2O. The molecule has 3 nitrogen and oxygen atoms in total. The van der Waals surface area contributed by atoms with Crippen molar-refractivity contribution in [3.63, 3.8) is 0 Å². The number of aryl methyl sites for hydroxylation is 1. The van der Waals surface area contributed by atoms with Gasteiger partial charge >= 0.3 is 0 Å². The van der Waals surface area contributed by atoms with Gasteiger partial charge in [-0.15, -0.1) is 0 Å². The second kappa shape index (κ2) is 18.4. The molecule has 0 aliphatic heterocycles. The van der Waals surface area contributed by atoms with E-state index in [-0.39, 0.29) is 32.5 Å². The van der Waals surface area contributed by atoms with E-state index in [1.54, 1.807) is 0 Å². The molecule has 2 heterocycles. The SMILES string of the molecule is CNC(CCCc1c2c(c(-c3ccc(C(C)(C)C)n3C)c3ccoc13)-c1ccc3c4c(ccc-2c14)-c1c-3c(-c2cc(C(C)(C)C)cc(C(C)(C)C)c2)c2cc3ccccc3cc2c1-c1cc(C(C)(C)C)cc(C(C)(C)C)c1)C(C)(C)C. The number of hydrogen-bond donors (Lipinski definition) is 1. The summed E-state index contributed by atoms with van der Waals surface area (Å²) in [5, 5.41) is 12.7. The van der Waals surface area contributed by atoms with Gasteiger partial charge in [0, 0.05) is 52.0 Å². The fourth-order valence-corrected chi connectivity index (χ4v) is 14.3. The molecule has 0 fully saturated rings. The van der Waals surface area contributed by atoms with Crippen molar-refractivity contribution in [2.45, 2.75) is 177 Å². The summed E-state index contributed by atoms with van der Waals surface area (Å²) in [5.41, 5.74) is 27.3. The molecule has 12 rings (SSSR count). The van der Waals surface area contributed by atoms with Crippen LogP contribution in [-0.4, -0.2) is 17.7 Å². The highest BCUT2D eigenvalue weighted by Gasteiger charge is 2.39. The molecule has 2 aromatic heterocycles. The lowest BCUT2D eigenvalue weighted by atomic mass is 9.75. The molecule has 0 saturated heterocycles. The summed E-state index contributed by atoms with van der Waals surface area (Å²) in [7, 11) is 4.40. The van der Waals surface area contributed by atoms with Crippen LogP contribution in [0, 0.1) is 5.41 Å². The number of benzene rings is 8. The molecule has 1 atom stereocenters. The summed E-state index contributed by atoms with van der Waals surface area (Å²) >= 11 is 0. The van der Waals surface area contributed by atoms with Crippen LogP contribution >= 0.6 is 0 Å². The first kappa shape index (κ1) is 54.9. The van der Waals surface area contributed by atoms with Crippen LogP contribution < -0.4 is 5.32 Å². The summed E-state index contributed by atoms with van der Waals surface area (Å²) < 4.78 is 9.28. The molecule has 3 heteroatoms. The van der Waals surface area contributed by atoms with Crippen LogP contribution in [0.4, 0.5) is 0 Å². The maximum atomic E-state index is 6.82. The number of aromatic nitrogens is 1. The molecule has 0 radical (unpaired) electrons. The summed E-state index contributed by atoms with van der Waals surface area (Å²) in [5.74, 6) is 0. The largest absolute Gasteiger partial charge is 0.464 e. The topological polar surface area (TPSA) is 30.1 Å². The average Bonchev–Trinajstić information content (AvgIpc) is 1.70. The third-order valence-corrected chi connectivity index (χ3v) is 18.8. The second-order valence-corrected chi connectivity index (χ2v) is 30.7. The van der Waals surface area contributed by atoms with Crippen LogP contribution in [0.5, 0.6) is 0 Å². The van der Waals surface area contributed by atoms with Crippen molar-refractivity contribution < 1.29 is 4.42 Å². The highest BCUT2D eigenvalue weighted by molar-refractivity contribution is 6.34. The van der Waals surface area contributed by atoms with E-state index in [0.717, 1.165) is 24.8 Å². The van der Waals surface area contributed by atoms with Gasteiger partial charge in [-0.25, -0.2) is 0 Å². The number of furan rings is 1. The number of nitrogens with zero attached hydrogens (tertiary/aromatic N) is 1. The van der Waals surface area contributed by atoms with E-state index in [9.17, 15) is 0 Å². The summed E-state index contributed by atoms with van der Waals surface area (Å²) in [4.78, 5) is 0. The first-order valence-corrected chi connectivity index (χ1v) is 30.2. The molecule has 81 heavy (non-hydrogen) atoms. The number of fused-ring (bicyclic) bond motifs is 9. The van der Waals surface area contributed by atoms with Gasteiger partial charge in [-0.2, -0.15) is 0 Å². The Labute approximate surface area is 484 Å². The van der Waals surface area contributed by atoms with Crippen molar-refractivity contribution in [2.24, 2.45) is 12.5 Å². The lowest BCUT2D eigenvalue weighted by Crippen LogP contribution is -2.37. The number of rotatable bonds is 8. The van der Waals surface area contributed by atoms with Crippen molar-refractivity contribution >= 4 is 43.3 Å². The molecule has 416 valence electrons. The minimum absolute atomic E-state index is 0.0370. The Morgan fingerprint density at radius 3 is 1.27 bits per heavy atom. The van der Waals surface area contributed by atoms with E-state index in [2.05, 4.69) is 264 Å². The molecule has 0 amide bonds. The Balaban J connectivity index is 1.25. The predicted molar refractivity (Wildman–Crippen MR) is 352 cm³/mol. The minimum Gasteiger partial charge on any atom is -0.464 e. The van der Waals surface area contributed by atoms with Gasteiger partial charge < -0.3 is 14.3 Å². The Morgan fingerprint density at radius 1 is 0.444 bits per heavy atom. The molecule has 2 aliphatic carbocycles. The monoisotopic (exact) mass is 1070 g/mol. The molecular weight excluding hydrogens is 981 g/mol. The molecule has 0 bridgehead atoms. The van der Waals surface area contributed by atoms with Crippen LogP contribution in [0.15, 0.2) is 126 Å². The van der Waals surface area contributed by atoms with E-state index < -0.39 is 0 Å². The zero-order chi connectivity index (χ0) is 58.0. The van der Waals surface area contributed by atoms with Crippen LogP contribution in [-0.2, 0) is 40.5 Å². The number of hydrogen-bond acceptors (Lipinski definition) is 2. The van der Waals surface area contributed by atoms with Gasteiger partial charge in [-0.05, 0) is 199 Å². The zero-order valence-corrected chi connectivity index (χ0v) is 52.6. The van der Waals surface area contributed by atoms with Crippen molar-refractivity contribution in [1.82, 2.24) is 9.88 Å². The van der Waals surface area contributed by atoms with E-state index in [4.69, 9.17) is 4.42 Å². The standard InChI is InChI=1S/C78H88N2O/c1-73(2,3)48-36-46(37-49(42-48)74(4,5)6)63-58-40-44-24-21-22-25-45(44)41-59(58)64(47-38-50(75(7,8)9)43-51(39-47)76(10,11)12)70-54-30-31-55-65-52(28-29-53(66(54)65)69(63)70)67-56(26-23-27-61(79-19)77(13,14)15)72-57(34-35-81-72)68(71(55)67)60-32-33-62(80(60)20)78(16,17)18/h21-22,24-25,28-43,61,79H,23,26-27H2,1-20H3. The Kier molecular flexibility index (Phi) is 12.5. The predicted octanol–water partition coefficient (Wildman–Crippen LogP) is 22.0. The third-order valence-electron chi connectivity index (χ3n) is 18.8. The van der Waals surface area contributed by atoms with Crippen molar-refractivity contribution in [3.05, 3.63) is 155 Å². The maximum Gasteiger partial charge on any atom is 0.138 e. The van der Waals surface area contributed by atoms with Gasteiger partial charge in [0.15, 0.2) is 0 Å². The Morgan fingerprint density at radius 2 is 0.877 bits per heavy atom. The average molecular weight is 1070 g/mol. The van der Waals surface area contributed by atoms with Gasteiger partial charge in [0.1, 0.15) is 5.58 Å². The highest BCUT2D eigenvalue weighted by Crippen LogP contribution is 2.64. The molecule has 0 saturated carbocycles. The van der Waals surface area contributed by atoms with Gasteiger partial charge in [0.05, 0.1) is 6.26 Å². The van der Waals surface area contributed by atoms with E-state index in [0.29, 0.717) is 6.04 Å². The van der Waals surface area contributed by atoms with Gasteiger partial charge in [0.25, 0.3) is 0 Å². The Hall–Kier alpha value is -6.68. The second-order valence-electron chi connectivity index (χ2n) is 30.7. The first-order valence-electron chi connectivity index (χ1n) is 30.2. The van der Waals surface area contributed by atoms with E-state index in [1.807, 2.05) is 6.26 Å². The van der Waals surface area contributed by atoms with Gasteiger partial charge in [-0.1, -0.05) is 210 Å². The molecule has 0 spiro atoms. The minimum atomic E-state index is -0.0724. The van der Waals surface area contributed by atoms with Crippen molar-refractivity contribution in [1.29, 1.82) is 0 Å². The summed E-state index contributed by atoms with van der Waals surface area (Å²) in [6.07, 6.45) is 4.97. The van der Waals surface area contributed by atoms with Gasteiger partial charge in [0.2, 0.25) is 0 Å². The van der Waals surface area contributed by atoms with Gasteiger partial charge in [-0.3, -0.25) is 0 Å². The maximum absolute atomic E-state index is 6.82. The fourth-order valence-electron chi connectivity index (χ4n) is 14.3. The molecule has 2 aliphatic rings. The third kappa shape index (κ3) is 8.85. The summed E-state index contributed by atoms with van der Waals surface area (Å²) in [6.45, 7) is 42.6. The zero-order valence-electron chi connectivity index (χ0n) is 52.6. The number of nitrogens with one attached hydrogen (secondary N) is 1. The van der Waals surface area contributed by atoms with Crippen LogP contribution in [0.1, 0.15) is 171 Å². The molecule has 8 aromatic carbocycles. The van der Waals surface area contributed by atoms with E-state index >= 15 is 0 Å². The van der Waals surface area contributed by atoms with Crippen molar-refractivity contribution in [3.8, 4) is 78.0 Å². The Bertz CT molecular complexity index is 4020. The molecule has 10 aromatic rings. The normalized spacial score (nSPS) is 14.1. The van der Waals surface area contributed by atoms with Crippen molar-refractivity contribution in [2.75, 3.05) is 7.05 Å². The summed E-state index contributed by atoms with van der Waals surface area (Å²) in [6, 6.07) is 46.7. The molecule has 1 N–H and O–H groups in total. The quantitative estimate of drug-likeness (QED) is 0.154. The van der Waals surface area contributed by atoms with Crippen LogP contribution in [0.25, 0.3) is 121 Å². The first-order chi connectivity index (χ1) is 37.9. The lowest BCUT2D eigenvalue weighted by Gasteiger charge is -2.30. The van der Waals surface area contributed by atoms with Crippen LogP contribution in [0.2, 0.25) is 0 Å². The fraction of sp³-hybridized carbons (Fsp3) is 0.385. The highest BCUT2D eigenvalue weighted by atomic mass is 16.3.